The number of ether oxygens (including phenoxy) is 1. The van der Waals surface area contributed by atoms with Crippen LogP contribution in [0.4, 0.5) is 9.59 Å². The monoisotopic (exact) mass is 721 g/mol. The van der Waals surface area contributed by atoms with E-state index in [9.17, 15) is 19.5 Å². The van der Waals surface area contributed by atoms with Crippen LogP contribution in [0.5, 0.6) is 0 Å². The molecule has 3 atom stereocenters. The molecule has 12 nitrogen and oxygen atoms in total. The predicted molar refractivity (Wildman–Crippen MR) is 195 cm³/mol. The van der Waals surface area contributed by atoms with E-state index in [1.54, 1.807) is 30.1 Å². The summed E-state index contributed by atoms with van der Waals surface area (Å²) in [6.45, 7) is 8.55. The molecule has 0 unspecified atom stereocenters. The predicted octanol–water partition coefficient (Wildman–Crippen LogP) is 5.32. The molecular weight excluding hydrogens is 675 g/mol. The topological polar surface area (TPSA) is 149 Å². The number of nitrogens with one attached hydrogen (secondary N) is 3. The van der Waals surface area contributed by atoms with Crippen LogP contribution in [0, 0.1) is 5.92 Å². The second-order valence-electron chi connectivity index (χ2n) is 12.7. The minimum Gasteiger partial charge on any atom is -0.443 e. The normalized spacial score (nSPS) is 13.0. The summed E-state index contributed by atoms with van der Waals surface area (Å²) in [7, 11) is 1.64. The van der Waals surface area contributed by atoms with Gasteiger partial charge in [0.25, 0.3) is 5.91 Å². The number of carbonyl (C=O) groups excluding carboxylic acids is 3. The molecule has 50 heavy (non-hydrogen) atoms. The maximum absolute atomic E-state index is 14.6. The van der Waals surface area contributed by atoms with Gasteiger partial charge in [-0.25, -0.2) is 25.0 Å². The quantitative estimate of drug-likeness (QED) is 0.114. The highest BCUT2D eigenvalue weighted by molar-refractivity contribution is 7.09. The van der Waals surface area contributed by atoms with E-state index in [2.05, 4.69) is 39.9 Å². The van der Waals surface area contributed by atoms with Gasteiger partial charge in [0.2, 0.25) is 0 Å². The van der Waals surface area contributed by atoms with E-state index < -0.39 is 36.2 Å². The zero-order chi connectivity index (χ0) is 36.0. The standard InChI is InChI=1S/C36H47N7O5S2/c1-24(2)32(40-35(46)42(5)20-28-22-49-33(39-28)25(3)4)34(45)43(41-36(47)48-21-29-18-38-23-50-29)30(16-26-12-8-6-9-13-26)31(44)19-37-17-27-14-10-7-11-15-27/h6-15,18,22-25,30-32,37,44H,16-17,19-21H2,1-5H3,(H,40,46)(H,41,47)/t30-,31-,32-/m0/s1. The average molecular weight is 722 g/mol. The van der Waals surface area contributed by atoms with Gasteiger partial charge in [-0.15, -0.1) is 22.7 Å². The molecule has 0 aliphatic carbocycles. The third-order valence-corrected chi connectivity index (χ3v) is 9.84. The largest absolute Gasteiger partial charge is 0.443 e. The molecule has 4 aromatic rings. The third kappa shape index (κ3) is 11.6. The van der Waals surface area contributed by atoms with Crippen LogP contribution < -0.4 is 16.1 Å². The fourth-order valence-corrected chi connectivity index (χ4v) is 6.45. The Morgan fingerprint density at radius 3 is 2.24 bits per heavy atom. The molecule has 4 amide bonds. The molecule has 14 heteroatoms. The van der Waals surface area contributed by atoms with Crippen LogP contribution in [0.1, 0.15) is 60.3 Å². The van der Waals surface area contributed by atoms with Gasteiger partial charge in [0.1, 0.15) is 12.6 Å². The molecule has 0 aliphatic heterocycles. The Balaban J connectivity index is 1.58. The lowest BCUT2D eigenvalue weighted by atomic mass is 9.97. The molecule has 0 spiro atoms. The minimum atomic E-state index is -1.13. The van der Waals surface area contributed by atoms with Gasteiger partial charge in [0.05, 0.1) is 39.8 Å². The summed E-state index contributed by atoms with van der Waals surface area (Å²) in [5, 5.41) is 21.9. The average Bonchev–Trinajstić information content (AvgIpc) is 3.81. The van der Waals surface area contributed by atoms with E-state index in [1.807, 2.05) is 79.9 Å². The van der Waals surface area contributed by atoms with Crippen molar-refractivity contribution in [3.8, 4) is 0 Å². The summed E-state index contributed by atoms with van der Waals surface area (Å²) in [6.07, 6.45) is -0.214. The molecule has 0 saturated heterocycles. The van der Waals surface area contributed by atoms with E-state index in [0.29, 0.717) is 6.54 Å². The van der Waals surface area contributed by atoms with Gasteiger partial charge >= 0.3 is 12.1 Å². The Morgan fingerprint density at radius 1 is 0.960 bits per heavy atom. The molecule has 2 aromatic carbocycles. The van der Waals surface area contributed by atoms with Crippen LogP contribution >= 0.6 is 22.7 Å². The molecule has 4 rings (SSSR count). The summed E-state index contributed by atoms with van der Waals surface area (Å²) >= 11 is 2.88. The Bertz CT molecular complexity index is 1620. The number of amides is 4. The maximum atomic E-state index is 14.6. The SMILES string of the molecule is CC(C)c1nc(CN(C)C(=O)N[C@H](C(=O)N(NC(=O)OCc2cncs2)[C@@H](Cc2ccccc2)[C@@H](O)CNCc2ccccc2)C(C)C)cs1. The van der Waals surface area contributed by atoms with E-state index in [0.717, 1.165) is 31.7 Å². The Kier molecular flexibility index (Phi) is 14.7. The van der Waals surface area contributed by atoms with Crippen LogP contribution in [0.15, 0.2) is 77.8 Å². The highest BCUT2D eigenvalue weighted by Crippen LogP contribution is 2.20. The number of urea groups is 1. The van der Waals surface area contributed by atoms with Gasteiger partial charge in [-0.2, -0.15) is 0 Å². The number of carbonyl (C=O) groups is 3. The first-order valence-corrected chi connectivity index (χ1v) is 18.3. The number of aliphatic hydroxyl groups is 1. The number of aliphatic hydroxyl groups excluding tert-OH is 1. The van der Waals surface area contributed by atoms with Gasteiger partial charge in [-0.1, -0.05) is 88.4 Å². The van der Waals surface area contributed by atoms with Crippen LogP contribution in [-0.2, 0) is 35.6 Å². The molecule has 0 radical (unpaired) electrons. The number of nitrogens with zero attached hydrogens (tertiary/aromatic N) is 4. The molecule has 0 fully saturated rings. The minimum absolute atomic E-state index is 0.0483. The van der Waals surface area contributed by atoms with Gasteiger partial charge in [-0.3, -0.25) is 9.78 Å². The molecule has 0 bridgehead atoms. The van der Waals surface area contributed by atoms with Crippen molar-refractivity contribution >= 4 is 40.7 Å². The fourth-order valence-electron chi connectivity index (χ4n) is 5.12. The first-order chi connectivity index (χ1) is 24.0. The Hall–Kier alpha value is -4.37. The number of benzene rings is 2. The lowest BCUT2D eigenvalue weighted by Gasteiger charge is -2.38. The van der Waals surface area contributed by atoms with Crippen LogP contribution in [0.2, 0.25) is 0 Å². The zero-order valence-electron chi connectivity index (χ0n) is 29.1. The van der Waals surface area contributed by atoms with Gasteiger partial charge < -0.3 is 25.4 Å². The van der Waals surface area contributed by atoms with Crippen molar-refractivity contribution in [3.63, 3.8) is 0 Å². The molecule has 0 aliphatic rings. The third-order valence-electron chi connectivity index (χ3n) is 7.89. The number of thiazole rings is 2. The Morgan fingerprint density at radius 2 is 1.64 bits per heavy atom. The van der Waals surface area contributed by atoms with E-state index in [4.69, 9.17) is 4.74 Å². The second-order valence-corrected chi connectivity index (χ2v) is 14.5. The smallest absolute Gasteiger partial charge is 0.426 e. The second kappa shape index (κ2) is 19.1. The molecule has 268 valence electrons. The lowest BCUT2D eigenvalue weighted by molar-refractivity contribution is -0.143. The molecule has 4 N–H and O–H groups in total. The van der Waals surface area contributed by atoms with E-state index in [1.165, 1.54) is 16.2 Å². The molecule has 0 saturated carbocycles. The summed E-state index contributed by atoms with van der Waals surface area (Å²) in [5.41, 5.74) is 6.88. The first kappa shape index (κ1) is 38.4. The summed E-state index contributed by atoms with van der Waals surface area (Å²) < 4.78 is 5.46. The van der Waals surface area contributed by atoms with Crippen molar-refractivity contribution in [1.29, 1.82) is 0 Å². The van der Waals surface area contributed by atoms with Crippen molar-refractivity contribution in [1.82, 2.24) is 35.9 Å². The van der Waals surface area contributed by atoms with E-state index >= 15 is 0 Å². The number of aromatic nitrogens is 2. The first-order valence-electron chi connectivity index (χ1n) is 16.6. The number of rotatable bonds is 16. The highest BCUT2D eigenvalue weighted by atomic mass is 32.1. The van der Waals surface area contributed by atoms with Crippen LogP contribution in [-0.4, -0.2) is 74.8 Å². The van der Waals surface area contributed by atoms with Crippen molar-refractivity contribution in [2.75, 3.05) is 13.6 Å². The van der Waals surface area contributed by atoms with Crippen LogP contribution in [0.25, 0.3) is 0 Å². The van der Waals surface area contributed by atoms with Gasteiger partial charge in [-0.05, 0) is 23.5 Å². The number of hydrazine groups is 1. The fraction of sp³-hybridized carbons (Fsp3) is 0.417. The summed E-state index contributed by atoms with van der Waals surface area (Å²) in [4.78, 5) is 52.1. The summed E-state index contributed by atoms with van der Waals surface area (Å²) in [5.74, 6) is -0.708. The van der Waals surface area contributed by atoms with Crippen molar-refractivity contribution in [2.45, 2.75) is 77.9 Å². The zero-order valence-corrected chi connectivity index (χ0v) is 30.7. The molecule has 2 heterocycles. The van der Waals surface area contributed by atoms with Crippen molar-refractivity contribution in [2.24, 2.45) is 5.92 Å². The van der Waals surface area contributed by atoms with Crippen molar-refractivity contribution in [3.05, 3.63) is 104 Å². The number of hydrogen-bond acceptors (Lipinski definition) is 10. The maximum Gasteiger partial charge on any atom is 0.426 e. The van der Waals surface area contributed by atoms with Crippen molar-refractivity contribution < 1.29 is 24.2 Å². The molecular formula is C36H47N7O5S2. The van der Waals surface area contributed by atoms with E-state index in [-0.39, 0.29) is 38.0 Å². The number of hydrogen-bond donors (Lipinski definition) is 4. The lowest BCUT2D eigenvalue weighted by Crippen LogP contribution is -2.64. The molecule has 2 aromatic heterocycles. The Labute approximate surface area is 301 Å². The highest BCUT2D eigenvalue weighted by Gasteiger charge is 2.38. The van der Waals surface area contributed by atoms with Gasteiger partial charge in [0.15, 0.2) is 0 Å². The van der Waals surface area contributed by atoms with Gasteiger partial charge in [0, 0.05) is 37.6 Å². The summed E-state index contributed by atoms with van der Waals surface area (Å²) in [6, 6.07) is 16.7. The van der Waals surface area contributed by atoms with Crippen LogP contribution in [0.3, 0.4) is 0 Å².